The van der Waals surface area contributed by atoms with Gasteiger partial charge in [0.05, 0.1) is 12.3 Å². The molecule has 0 saturated carbocycles. The molecule has 1 N–H and O–H groups in total. The van der Waals surface area contributed by atoms with Gasteiger partial charge in [-0.1, -0.05) is 11.6 Å². The second-order valence-corrected chi connectivity index (χ2v) is 8.56. The van der Waals surface area contributed by atoms with Crippen LogP contribution < -0.4 is 10.2 Å². The van der Waals surface area contributed by atoms with E-state index in [0.717, 1.165) is 10.4 Å². The van der Waals surface area contributed by atoms with E-state index in [1.54, 1.807) is 17.0 Å². The Morgan fingerprint density at radius 2 is 1.85 bits per heavy atom. The average molecular weight is 480 g/mol. The van der Waals surface area contributed by atoms with E-state index in [1.165, 1.54) is 12.3 Å². The van der Waals surface area contributed by atoms with Crippen molar-refractivity contribution in [3.8, 4) is 0 Å². The van der Waals surface area contributed by atoms with Crippen LogP contribution >= 0.6 is 11.6 Å². The van der Waals surface area contributed by atoms with Gasteiger partial charge in [-0.15, -0.1) is 0 Å². The van der Waals surface area contributed by atoms with Gasteiger partial charge < -0.3 is 19.5 Å². The van der Waals surface area contributed by atoms with E-state index in [-0.39, 0.29) is 23.8 Å². The summed E-state index contributed by atoms with van der Waals surface area (Å²) in [5.41, 5.74) is 0.997. The maximum atomic E-state index is 13.8. The van der Waals surface area contributed by atoms with E-state index in [9.17, 15) is 18.0 Å². The topological polar surface area (TPSA) is 66.5 Å². The number of hydrogen-bond donors (Lipinski definition) is 1. The molecule has 0 radical (unpaired) electrons. The highest BCUT2D eigenvalue weighted by Gasteiger charge is 2.47. The van der Waals surface area contributed by atoms with Crippen molar-refractivity contribution >= 4 is 29.0 Å². The average Bonchev–Trinajstić information content (AvgIpc) is 3.48. The first-order valence-electron chi connectivity index (χ1n) is 10.6. The quantitative estimate of drug-likeness (QED) is 0.587. The summed E-state index contributed by atoms with van der Waals surface area (Å²) in [7, 11) is 0. The number of furan rings is 1. The van der Waals surface area contributed by atoms with Gasteiger partial charge in [-0.25, -0.2) is 4.68 Å². The van der Waals surface area contributed by atoms with Gasteiger partial charge in [0.2, 0.25) is 0 Å². The summed E-state index contributed by atoms with van der Waals surface area (Å²) < 4.78 is 47.6. The number of carbonyl (C=O) groups excluding carboxylic acids is 1. The van der Waals surface area contributed by atoms with Crippen molar-refractivity contribution in [1.82, 2.24) is 14.7 Å². The zero-order chi connectivity index (χ0) is 23.2. The Labute approximate surface area is 192 Å². The summed E-state index contributed by atoms with van der Waals surface area (Å²) in [5.74, 6) is 0.168. The molecular weight excluding hydrogens is 459 g/mol. The lowest BCUT2D eigenvalue weighted by Gasteiger charge is -2.35. The fourth-order valence-electron chi connectivity index (χ4n) is 4.34. The predicted molar refractivity (Wildman–Crippen MR) is 117 cm³/mol. The highest BCUT2D eigenvalue weighted by molar-refractivity contribution is 6.30. The Morgan fingerprint density at radius 1 is 1.12 bits per heavy atom. The molecule has 1 amide bonds. The number of piperazine rings is 1. The minimum atomic E-state index is -4.52. The molecule has 2 aliphatic heterocycles. The van der Waals surface area contributed by atoms with Crippen molar-refractivity contribution in [2.75, 3.05) is 36.4 Å². The summed E-state index contributed by atoms with van der Waals surface area (Å²) in [4.78, 5) is 16.8. The first-order valence-corrected chi connectivity index (χ1v) is 10.9. The van der Waals surface area contributed by atoms with E-state index in [4.69, 9.17) is 16.0 Å². The molecule has 5 rings (SSSR count). The van der Waals surface area contributed by atoms with Crippen molar-refractivity contribution in [1.29, 1.82) is 0 Å². The summed E-state index contributed by atoms with van der Waals surface area (Å²) in [6.45, 7) is 2.08. The number of rotatable bonds is 3. The van der Waals surface area contributed by atoms with Gasteiger partial charge in [0.25, 0.3) is 5.91 Å². The molecule has 0 spiro atoms. The smallest absolute Gasteiger partial charge is 0.410 e. The Bertz CT molecular complexity index is 1120. The van der Waals surface area contributed by atoms with Crippen molar-refractivity contribution in [2.24, 2.45) is 0 Å². The molecule has 2 atom stereocenters. The van der Waals surface area contributed by atoms with Crippen LogP contribution in [0.4, 0.5) is 24.7 Å². The van der Waals surface area contributed by atoms with Crippen molar-refractivity contribution in [3.05, 3.63) is 65.2 Å². The van der Waals surface area contributed by atoms with Crippen LogP contribution in [0.3, 0.4) is 0 Å². The molecule has 3 aromatic rings. The molecule has 4 heterocycles. The highest BCUT2D eigenvalue weighted by Crippen LogP contribution is 2.43. The lowest BCUT2D eigenvalue weighted by atomic mass is 10.0. The largest absolute Gasteiger partial charge is 0.467 e. The maximum Gasteiger partial charge on any atom is 0.410 e. The zero-order valence-electron chi connectivity index (χ0n) is 17.4. The number of carbonyl (C=O) groups is 1. The SMILES string of the molecule is O=C(c1cc2n(n1)[C@H](C(F)(F)F)C[C@H](c1ccco1)N2)N1CCN(c2ccc(Cl)cc2)CC1. The minimum Gasteiger partial charge on any atom is -0.467 e. The summed E-state index contributed by atoms with van der Waals surface area (Å²) in [6.07, 6.45) is -3.37. The molecule has 2 aromatic heterocycles. The lowest BCUT2D eigenvalue weighted by Crippen LogP contribution is -2.49. The van der Waals surface area contributed by atoms with Crippen LogP contribution in [-0.4, -0.2) is 52.9 Å². The van der Waals surface area contributed by atoms with Gasteiger partial charge in [-0.3, -0.25) is 4.79 Å². The first-order chi connectivity index (χ1) is 15.8. The van der Waals surface area contributed by atoms with Crippen molar-refractivity contribution in [3.63, 3.8) is 0 Å². The number of aromatic nitrogens is 2. The second-order valence-electron chi connectivity index (χ2n) is 8.12. The molecule has 0 bridgehead atoms. The number of benzene rings is 1. The molecule has 0 aliphatic carbocycles. The Balaban J connectivity index is 1.33. The van der Waals surface area contributed by atoms with E-state index >= 15 is 0 Å². The van der Waals surface area contributed by atoms with Crippen LogP contribution in [0.5, 0.6) is 0 Å². The third-order valence-electron chi connectivity index (χ3n) is 6.05. The summed E-state index contributed by atoms with van der Waals surface area (Å²) >= 11 is 5.94. The van der Waals surface area contributed by atoms with E-state index in [1.807, 2.05) is 24.3 Å². The van der Waals surface area contributed by atoms with Crippen molar-refractivity contribution in [2.45, 2.75) is 24.7 Å². The first kappa shape index (κ1) is 21.7. The Kier molecular flexibility index (Phi) is 5.48. The molecular formula is C22H21ClF3N5O2. The minimum absolute atomic E-state index is 0.00760. The molecule has 1 aromatic carbocycles. The molecule has 174 valence electrons. The van der Waals surface area contributed by atoms with Crippen LogP contribution in [0.15, 0.2) is 53.1 Å². The molecule has 2 aliphatic rings. The van der Waals surface area contributed by atoms with E-state index in [0.29, 0.717) is 37.0 Å². The molecule has 1 fully saturated rings. The fraction of sp³-hybridized carbons (Fsp3) is 0.364. The normalized spacial score (nSPS) is 21.0. The number of alkyl halides is 3. The molecule has 11 heteroatoms. The maximum absolute atomic E-state index is 13.8. The van der Waals surface area contributed by atoms with E-state index < -0.39 is 18.3 Å². The summed E-state index contributed by atoms with van der Waals surface area (Å²) in [6, 6.07) is 9.58. The molecule has 7 nitrogen and oxygen atoms in total. The van der Waals surface area contributed by atoms with Gasteiger partial charge in [0, 0.05) is 49.4 Å². The fourth-order valence-corrected chi connectivity index (χ4v) is 4.46. The number of hydrogen-bond acceptors (Lipinski definition) is 5. The zero-order valence-corrected chi connectivity index (χ0v) is 18.2. The van der Waals surface area contributed by atoms with Gasteiger partial charge in [0.1, 0.15) is 11.6 Å². The summed E-state index contributed by atoms with van der Waals surface area (Å²) in [5, 5.41) is 7.74. The van der Waals surface area contributed by atoms with Gasteiger partial charge in [0.15, 0.2) is 11.7 Å². The van der Waals surface area contributed by atoms with Gasteiger partial charge in [-0.05, 0) is 36.4 Å². The van der Waals surface area contributed by atoms with Crippen LogP contribution in [0.25, 0.3) is 0 Å². The number of anilines is 2. The Hall–Kier alpha value is -3.14. The third-order valence-corrected chi connectivity index (χ3v) is 6.31. The van der Waals surface area contributed by atoms with Gasteiger partial charge in [-0.2, -0.15) is 18.3 Å². The Morgan fingerprint density at radius 3 is 2.48 bits per heavy atom. The van der Waals surface area contributed by atoms with Gasteiger partial charge >= 0.3 is 6.18 Å². The number of nitrogens with one attached hydrogen (secondary N) is 1. The van der Waals surface area contributed by atoms with Crippen LogP contribution in [0, 0.1) is 0 Å². The lowest BCUT2D eigenvalue weighted by molar-refractivity contribution is -0.174. The number of nitrogens with zero attached hydrogens (tertiary/aromatic N) is 4. The molecule has 33 heavy (non-hydrogen) atoms. The van der Waals surface area contributed by atoms with Crippen LogP contribution in [-0.2, 0) is 0 Å². The number of amides is 1. The third kappa shape index (κ3) is 4.27. The van der Waals surface area contributed by atoms with E-state index in [2.05, 4.69) is 15.3 Å². The van der Waals surface area contributed by atoms with Crippen LogP contribution in [0.2, 0.25) is 5.02 Å². The molecule has 0 unspecified atom stereocenters. The molecule has 1 saturated heterocycles. The van der Waals surface area contributed by atoms with Crippen LogP contribution in [0.1, 0.15) is 34.8 Å². The predicted octanol–water partition coefficient (Wildman–Crippen LogP) is 4.75. The monoisotopic (exact) mass is 479 g/mol. The second kappa shape index (κ2) is 8.33. The standard InChI is InChI=1S/C22H21ClF3N5O2/c23-14-3-5-15(6-4-14)29-7-9-30(10-8-29)21(32)17-13-20-27-16(18-2-1-11-33-18)12-19(22(24,25)26)31(20)28-17/h1-6,11,13,16,19,27H,7-10,12H2/t16-,19+/m1/s1. The highest BCUT2D eigenvalue weighted by atomic mass is 35.5. The van der Waals surface area contributed by atoms with Crippen molar-refractivity contribution < 1.29 is 22.4 Å². The number of fused-ring (bicyclic) bond motifs is 1. The number of halogens is 4.